The number of likely N-dealkylation sites (tertiary alicyclic amines) is 1. The Morgan fingerprint density at radius 1 is 0.679 bits per heavy atom. The molecule has 0 aromatic carbocycles. The molecular formula is C23H43NO4. The van der Waals surface area contributed by atoms with Gasteiger partial charge in [-0.3, -0.25) is 4.90 Å². The van der Waals surface area contributed by atoms with Gasteiger partial charge in [-0.15, -0.1) is 0 Å². The van der Waals surface area contributed by atoms with Crippen molar-refractivity contribution in [3.63, 3.8) is 0 Å². The molecule has 164 valence electrons. The van der Waals surface area contributed by atoms with E-state index in [9.17, 15) is 0 Å². The van der Waals surface area contributed by atoms with E-state index in [-0.39, 0.29) is 11.0 Å². The van der Waals surface area contributed by atoms with Crippen LogP contribution in [0.15, 0.2) is 0 Å². The molecule has 2 saturated carbocycles. The van der Waals surface area contributed by atoms with Gasteiger partial charge in [-0.05, 0) is 57.8 Å². The molecule has 0 N–H and O–H groups in total. The van der Waals surface area contributed by atoms with Crippen molar-refractivity contribution < 1.29 is 18.9 Å². The zero-order valence-corrected chi connectivity index (χ0v) is 19.0. The maximum Gasteiger partial charge on any atom is 0.0830 e. The monoisotopic (exact) mass is 397 g/mol. The van der Waals surface area contributed by atoms with Gasteiger partial charge in [-0.2, -0.15) is 0 Å². The molecule has 1 saturated heterocycles. The van der Waals surface area contributed by atoms with E-state index in [1.807, 2.05) is 0 Å². The first-order valence-corrected chi connectivity index (χ1v) is 11.3. The van der Waals surface area contributed by atoms with Crippen LogP contribution in [-0.2, 0) is 18.9 Å². The van der Waals surface area contributed by atoms with E-state index in [2.05, 4.69) is 46.4 Å². The Kier molecular flexibility index (Phi) is 7.47. The van der Waals surface area contributed by atoms with Gasteiger partial charge >= 0.3 is 0 Å². The van der Waals surface area contributed by atoms with Crippen LogP contribution in [0.5, 0.6) is 0 Å². The molecule has 2 aliphatic carbocycles. The smallest absolute Gasteiger partial charge is 0.0830 e. The SMILES string of the molecule is CC(C)(C)COC1CC(OCC2CC(OCCOC3CN(C(C)(C)C)C3)C2)C1. The van der Waals surface area contributed by atoms with Gasteiger partial charge in [0.2, 0.25) is 0 Å². The minimum absolute atomic E-state index is 0.253. The van der Waals surface area contributed by atoms with Crippen LogP contribution in [-0.4, -0.2) is 74.4 Å². The van der Waals surface area contributed by atoms with Crippen molar-refractivity contribution in [3.05, 3.63) is 0 Å². The fourth-order valence-corrected chi connectivity index (χ4v) is 3.90. The van der Waals surface area contributed by atoms with Crippen molar-refractivity contribution in [2.45, 2.75) is 97.2 Å². The number of hydrogen-bond acceptors (Lipinski definition) is 5. The summed E-state index contributed by atoms with van der Waals surface area (Å²) in [6, 6.07) is 0. The van der Waals surface area contributed by atoms with E-state index < -0.39 is 0 Å². The van der Waals surface area contributed by atoms with Gasteiger partial charge in [0.1, 0.15) is 0 Å². The topological polar surface area (TPSA) is 40.2 Å². The van der Waals surface area contributed by atoms with E-state index in [0.717, 1.165) is 65.2 Å². The zero-order valence-electron chi connectivity index (χ0n) is 19.0. The Labute approximate surface area is 172 Å². The average Bonchev–Trinajstić information content (AvgIpc) is 2.43. The molecule has 0 atom stereocenters. The number of hydrogen-bond donors (Lipinski definition) is 0. The molecule has 3 rings (SSSR count). The lowest BCUT2D eigenvalue weighted by Crippen LogP contribution is -2.59. The summed E-state index contributed by atoms with van der Waals surface area (Å²) in [4.78, 5) is 2.45. The maximum absolute atomic E-state index is 6.04. The van der Waals surface area contributed by atoms with Crippen LogP contribution in [0.1, 0.15) is 67.2 Å². The summed E-state index contributed by atoms with van der Waals surface area (Å²) >= 11 is 0. The highest BCUT2D eigenvalue weighted by Crippen LogP contribution is 2.33. The first-order chi connectivity index (χ1) is 13.1. The van der Waals surface area contributed by atoms with Crippen LogP contribution < -0.4 is 0 Å². The van der Waals surface area contributed by atoms with Gasteiger partial charge in [0.15, 0.2) is 0 Å². The van der Waals surface area contributed by atoms with Gasteiger partial charge in [0.05, 0.1) is 44.2 Å². The second-order valence-corrected chi connectivity index (χ2v) is 11.3. The van der Waals surface area contributed by atoms with Crippen molar-refractivity contribution in [3.8, 4) is 0 Å². The third-order valence-electron chi connectivity index (χ3n) is 6.15. The van der Waals surface area contributed by atoms with E-state index in [1.54, 1.807) is 0 Å². The van der Waals surface area contributed by atoms with Crippen molar-refractivity contribution in [1.82, 2.24) is 4.90 Å². The quantitative estimate of drug-likeness (QED) is 0.523. The number of ether oxygens (including phenoxy) is 4. The Morgan fingerprint density at radius 3 is 1.79 bits per heavy atom. The normalized spacial score (nSPS) is 31.9. The third kappa shape index (κ3) is 6.94. The molecule has 0 amide bonds. The highest BCUT2D eigenvalue weighted by atomic mass is 16.5. The van der Waals surface area contributed by atoms with E-state index in [4.69, 9.17) is 18.9 Å². The molecule has 3 aliphatic rings. The van der Waals surface area contributed by atoms with Gasteiger partial charge in [-0.1, -0.05) is 20.8 Å². The Hall–Kier alpha value is -0.200. The third-order valence-corrected chi connectivity index (χ3v) is 6.15. The molecule has 0 aromatic heterocycles. The maximum atomic E-state index is 6.04. The summed E-state index contributed by atoms with van der Waals surface area (Å²) in [6.45, 7) is 18.7. The predicted octanol–water partition coefficient (Wildman–Crippen LogP) is 3.89. The van der Waals surface area contributed by atoms with Crippen molar-refractivity contribution in [2.75, 3.05) is 39.5 Å². The molecule has 0 radical (unpaired) electrons. The van der Waals surface area contributed by atoms with Crippen LogP contribution in [0, 0.1) is 11.3 Å². The minimum atomic E-state index is 0.253. The lowest BCUT2D eigenvalue weighted by atomic mass is 9.82. The lowest BCUT2D eigenvalue weighted by molar-refractivity contribution is -0.139. The first-order valence-electron chi connectivity index (χ1n) is 11.3. The molecule has 5 heteroatoms. The molecule has 28 heavy (non-hydrogen) atoms. The van der Waals surface area contributed by atoms with E-state index >= 15 is 0 Å². The molecular weight excluding hydrogens is 354 g/mol. The molecule has 0 unspecified atom stereocenters. The summed E-state index contributed by atoms with van der Waals surface area (Å²) in [5.74, 6) is 0.674. The summed E-state index contributed by atoms with van der Waals surface area (Å²) in [5.41, 5.74) is 0.516. The summed E-state index contributed by atoms with van der Waals surface area (Å²) in [5, 5.41) is 0. The fourth-order valence-electron chi connectivity index (χ4n) is 3.90. The number of rotatable bonds is 10. The summed E-state index contributed by atoms with van der Waals surface area (Å²) in [6.07, 6.45) is 6.02. The molecule has 1 aliphatic heterocycles. The van der Waals surface area contributed by atoms with Crippen LogP contribution in [0.2, 0.25) is 0 Å². The molecule has 5 nitrogen and oxygen atoms in total. The van der Waals surface area contributed by atoms with Crippen molar-refractivity contribution >= 4 is 0 Å². The van der Waals surface area contributed by atoms with Gasteiger partial charge < -0.3 is 18.9 Å². The second kappa shape index (κ2) is 9.30. The second-order valence-electron chi connectivity index (χ2n) is 11.3. The first kappa shape index (κ1) is 22.5. The van der Waals surface area contributed by atoms with Crippen LogP contribution >= 0.6 is 0 Å². The highest BCUT2D eigenvalue weighted by molar-refractivity contribution is 4.89. The molecule has 1 heterocycles. The average molecular weight is 398 g/mol. The Bertz CT molecular complexity index is 466. The fraction of sp³-hybridized carbons (Fsp3) is 1.00. The van der Waals surface area contributed by atoms with E-state index in [1.165, 1.54) is 0 Å². The van der Waals surface area contributed by atoms with E-state index in [0.29, 0.717) is 30.3 Å². The number of nitrogens with zero attached hydrogens (tertiary/aromatic N) is 1. The van der Waals surface area contributed by atoms with Gasteiger partial charge in [0, 0.05) is 25.2 Å². The highest BCUT2D eigenvalue weighted by Gasteiger charge is 2.36. The lowest BCUT2D eigenvalue weighted by Gasteiger charge is -2.47. The summed E-state index contributed by atoms with van der Waals surface area (Å²) < 4.78 is 23.8. The molecule has 0 aromatic rings. The van der Waals surface area contributed by atoms with Gasteiger partial charge in [-0.25, -0.2) is 0 Å². The Balaban J connectivity index is 1.11. The Morgan fingerprint density at radius 2 is 1.21 bits per heavy atom. The molecule has 3 fully saturated rings. The summed E-state index contributed by atoms with van der Waals surface area (Å²) in [7, 11) is 0. The largest absolute Gasteiger partial charge is 0.378 e. The van der Waals surface area contributed by atoms with Crippen molar-refractivity contribution in [1.29, 1.82) is 0 Å². The predicted molar refractivity (Wildman–Crippen MR) is 112 cm³/mol. The zero-order chi connectivity index (χ0) is 20.4. The molecule has 0 spiro atoms. The van der Waals surface area contributed by atoms with Crippen LogP contribution in [0.25, 0.3) is 0 Å². The van der Waals surface area contributed by atoms with Gasteiger partial charge in [0.25, 0.3) is 0 Å². The standard InChI is InChI=1S/C23H43NO4/c1-22(2,3)16-28-20-11-19(12-20)27-15-17-9-18(10-17)25-7-8-26-21-13-24(14-21)23(4,5)6/h17-21H,7-16H2,1-6H3. The molecule has 0 bridgehead atoms. The van der Waals surface area contributed by atoms with Crippen LogP contribution in [0.3, 0.4) is 0 Å². The van der Waals surface area contributed by atoms with Crippen LogP contribution in [0.4, 0.5) is 0 Å². The van der Waals surface area contributed by atoms with Crippen molar-refractivity contribution in [2.24, 2.45) is 11.3 Å². The minimum Gasteiger partial charge on any atom is -0.378 e.